The summed E-state index contributed by atoms with van der Waals surface area (Å²) in [6, 6.07) is 7.61. The summed E-state index contributed by atoms with van der Waals surface area (Å²) in [6.45, 7) is 4.65. The van der Waals surface area contributed by atoms with Crippen LogP contribution in [-0.4, -0.2) is 25.0 Å². The number of rotatable bonds is 3. The average Bonchev–Trinajstić information content (AvgIpc) is 3.12. The van der Waals surface area contributed by atoms with Gasteiger partial charge in [-0.25, -0.2) is 0 Å². The summed E-state index contributed by atoms with van der Waals surface area (Å²) >= 11 is 0. The van der Waals surface area contributed by atoms with Crippen LogP contribution in [0.3, 0.4) is 0 Å². The summed E-state index contributed by atoms with van der Waals surface area (Å²) in [4.78, 5) is 25.2. The molecule has 1 aromatic rings. The number of carbonyl (C=O) groups excluding carboxylic acids is 2. The minimum Gasteiger partial charge on any atom is -0.493 e. The van der Waals surface area contributed by atoms with Gasteiger partial charge in [-0.1, -0.05) is 32.1 Å². The lowest BCUT2D eigenvalue weighted by Gasteiger charge is -2.58. The highest BCUT2D eigenvalue weighted by molar-refractivity contribution is 5.89. The van der Waals surface area contributed by atoms with Crippen molar-refractivity contribution in [2.24, 2.45) is 34.5 Å². The van der Waals surface area contributed by atoms with Gasteiger partial charge in [-0.3, -0.25) is 9.59 Å². The standard InChI is InChI=1S/C26H33NO4/c1-25-14-12-18-16(8-11-22-26(18,2)15-13-23(28)27-22)17(25)9-10-19(25)24(29)31-21-7-5-4-6-20(21)30-3/h4-7,13,15-19,22H,8-12,14H2,1-3H3,(H,27,28)/t16-,17-,18-,19+,22+,25-,26+/m0/s1. The molecule has 5 nitrogen and oxygen atoms in total. The largest absolute Gasteiger partial charge is 0.493 e. The number of carbonyl (C=O) groups is 2. The first kappa shape index (κ1) is 20.6. The number of methoxy groups -OCH3 is 1. The minimum absolute atomic E-state index is 0.0220. The Morgan fingerprint density at radius 3 is 2.58 bits per heavy atom. The van der Waals surface area contributed by atoms with Crippen LogP contribution in [-0.2, 0) is 9.59 Å². The van der Waals surface area contributed by atoms with Crippen LogP contribution in [0.15, 0.2) is 36.4 Å². The zero-order valence-electron chi connectivity index (χ0n) is 18.7. The summed E-state index contributed by atoms with van der Waals surface area (Å²) in [5, 5.41) is 3.21. The zero-order chi connectivity index (χ0) is 21.8. The zero-order valence-corrected chi connectivity index (χ0v) is 18.7. The van der Waals surface area contributed by atoms with Crippen molar-refractivity contribution in [2.45, 2.75) is 58.4 Å². The summed E-state index contributed by atoms with van der Waals surface area (Å²) in [5.74, 6) is 2.65. The molecule has 0 bridgehead atoms. The van der Waals surface area contributed by atoms with Gasteiger partial charge in [0, 0.05) is 11.5 Å². The van der Waals surface area contributed by atoms with Crippen molar-refractivity contribution in [3.05, 3.63) is 36.4 Å². The smallest absolute Gasteiger partial charge is 0.315 e. The quantitative estimate of drug-likeness (QED) is 0.574. The number of para-hydroxylation sites is 2. The maximum Gasteiger partial charge on any atom is 0.315 e. The van der Waals surface area contributed by atoms with E-state index in [0.717, 1.165) is 38.5 Å². The van der Waals surface area contributed by atoms with Crippen LogP contribution >= 0.6 is 0 Å². The van der Waals surface area contributed by atoms with Gasteiger partial charge in [0.15, 0.2) is 11.5 Å². The molecule has 1 amide bonds. The second kappa shape index (κ2) is 7.39. The van der Waals surface area contributed by atoms with Gasteiger partial charge in [0.2, 0.25) is 5.91 Å². The third-order valence-corrected chi connectivity index (χ3v) is 9.25. The molecule has 5 heteroatoms. The van der Waals surface area contributed by atoms with Crippen LogP contribution in [0.4, 0.5) is 0 Å². The average molecular weight is 424 g/mol. The Bertz CT molecular complexity index is 926. The number of amides is 1. The molecule has 1 aliphatic heterocycles. The van der Waals surface area contributed by atoms with Crippen molar-refractivity contribution in [3.8, 4) is 11.5 Å². The fourth-order valence-electron chi connectivity index (χ4n) is 7.60. The Morgan fingerprint density at radius 2 is 1.81 bits per heavy atom. The Balaban J connectivity index is 1.37. The molecular weight excluding hydrogens is 390 g/mol. The van der Waals surface area contributed by atoms with E-state index in [1.807, 2.05) is 18.2 Å². The predicted octanol–water partition coefficient (Wildman–Crippen LogP) is 4.51. The Labute approximate surface area is 184 Å². The molecule has 166 valence electrons. The number of hydrogen-bond donors (Lipinski definition) is 1. The van der Waals surface area contributed by atoms with E-state index in [1.54, 1.807) is 19.3 Å². The summed E-state index contributed by atoms with van der Waals surface area (Å²) < 4.78 is 11.2. The predicted molar refractivity (Wildman–Crippen MR) is 118 cm³/mol. The van der Waals surface area contributed by atoms with Gasteiger partial charge in [-0.15, -0.1) is 0 Å². The maximum absolute atomic E-state index is 13.3. The molecule has 1 aromatic carbocycles. The van der Waals surface area contributed by atoms with Crippen LogP contribution in [0, 0.1) is 34.5 Å². The summed E-state index contributed by atoms with van der Waals surface area (Å²) in [6.07, 6.45) is 10.2. The Hall–Kier alpha value is -2.30. The lowest BCUT2D eigenvalue weighted by molar-refractivity contribution is -0.147. The minimum atomic E-state index is -0.113. The highest BCUT2D eigenvalue weighted by Crippen LogP contribution is 2.65. The first-order valence-electron chi connectivity index (χ1n) is 11.7. The summed E-state index contributed by atoms with van der Waals surface area (Å²) in [5.41, 5.74) is -0.000746. The van der Waals surface area contributed by atoms with E-state index in [-0.39, 0.29) is 34.7 Å². The highest BCUT2D eigenvalue weighted by atomic mass is 16.6. The van der Waals surface area contributed by atoms with Crippen LogP contribution in [0.1, 0.15) is 52.4 Å². The first-order valence-corrected chi connectivity index (χ1v) is 11.7. The van der Waals surface area contributed by atoms with Gasteiger partial charge >= 0.3 is 5.97 Å². The van der Waals surface area contributed by atoms with Crippen molar-refractivity contribution in [3.63, 3.8) is 0 Å². The Morgan fingerprint density at radius 1 is 1.03 bits per heavy atom. The summed E-state index contributed by atoms with van der Waals surface area (Å²) in [7, 11) is 1.60. The molecule has 31 heavy (non-hydrogen) atoms. The number of benzene rings is 1. The SMILES string of the molecule is COc1ccccc1OC(=O)[C@H]1CC[C@H]2[C@@H]3CC[C@H]4NC(=O)C=C[C@]4(C)[C@H]3CC[C@]12C. The molecule has 5 rings (SSSR count). The number of ether oxygens (including phenoxy) is 2. The number of esters is 1. The van der Waals surface area contributed by atoms with Crippen LogP contribution in [0.25, 0.3) is 0 Å². The van der Waals surface area contributed by atoms with E-state index in [0.29, 0.717) is 29.3 Å². The number of fused-ring (bicyclic) bond motifs is 5. The van der Waals surface area contributed by atoms with E-state index >= 15 is 0 Å². The first-order chi connectivity index (χ1) is 14.9. The van der Waals surface area contributed by atoms with Gasteiger partial charge in [-0.2, -0.15) is 0 Å². The maximum atomic E-state index is 13.3. The van der Waals surface area contributed by atoms with E-state index in [4.69, 9.17) is 9.47 Å². The highest BCUT2D eigenvalue weighted by Gasteiger charge is 2.61. The fraction of sp³-hybridized carbons (Fsp3) is 0.615. The second-order valence-electron chi connectivity index (χ2n) is 10.5. The molecule has 3 saturated carbocycles. The van der Waals surface area contributed by atoms with Crippen LogP contribution in [0.2, 0.25) is 0 Å². The van der Waals surface area contributed by atoms with E-state index in [1.165, 1.54) is 0 Å². The molecule has 0 aromatic heterocycles. The van der Waals surface area contributed by atoms with Gasteiger partial charge in [0.05, 0.1) is 13.0 Å². The van der Waals surface area contributed by atoms with E-state index < -0.39 is 0 Å². The van der Waals surface area contributed by atoms with Gasteiger partial charge in [0.1, 0.15) is 0 Å². The van der Waals surface area contributed by atoms with Crippen molar-refractivity contribution in [2.75, 3.05) is 7.11 Å². The molecule has 0 radical (unpaired) electrons. The lowest BCUT2D eigenvalue weighted by Crippen LogP contribution is -2.59. The molecular formula is C26H33NO4. The molecule has 0 saturated heterocycles. The second-order valence-corrected chi connectivity index (χ2v) is 10.5. The molecule has 3 fully saturated rings. The molecule has 3 aliphatic carbocycles. The van der Waals surface area contributed by atoms with Gasteiger partial charge < -0.3 is 14.8 Å². The molecule has 7 atom stereocenters. The van der Waals surface area contributed by atoms with E-state index in [9.17, 15) is 9.59 Å². The molecule has 1 heterocycles. The van der Waals surface area contributed by atoms with Crippen molar-refractivity contribution in [1.29, 1.82) is 0 Å². The Kier molecular flexibility index (Phi) is 4.91. The van der Waals surface area contributed by atoms with Crippen molar-refractivity contribution < 1.29 is 19.1 Å². The topological polar surface area (TPSA) is 64.6 Å². The van der Waals surface area contributed by atoms with Crippen molar-refractivity contribution in [1.82, 2.24) is 5.32 Å². The van der Waals surface area contributed by atoms with Gasteiger partial charge in [0.25, 0.3) is 0 Å². The molecule has 0 unspecified atom stereocenters. The monoisotopic (exact) mass is 423 g/mol. The molecule has 0 spiro atoms. The van der Waals surface area contributed by atoms with Crippen molar-refractivity contribution >= 4 is 11.9 Å². The third kappa shape index (κ3) is 3.11. The van der Waals surface area contributed by atoms with E-state index in [2.05, 4.69) is 25.2 Å². The fourth-order valence-corrected chi connectivity index (χ4v) is 7.60. The molecule has 4 aliphatic rings. The number of hydrogen-bond acceptors (Lipinski definition) is 4. The normalized spacial score (nSPS) is 40.9. The molecule has 1 N–H and O–H groups in total. The third-order valence-electron chi connectivity index (χ3n) is 9.25. The van der Waals surface area contributed by atoms with Crippen LogP contribution in [0.5, 0.6) is 11.5 Å². The number of nitrogens with one attached hydrogen (secondary N) is 1. The lowest BCUT2D eigenvalue weighted by atomic mass is 9.48. The van der Waals surface area contributed by atoms with Crippen LogP contribution < -0.4 is 14.8 Å². The van der Waals surface area contributed by atoms with Gasteiger partial charge in [-0.05, 0) is 79.9 Å².